The van der Waals surface area contributed by atoms with Gasteiger partial charge < -0.3 is 0 Å². The van der Waals surface area contributed by atoms with Crippen molar-refractivity contribution in [2.75, 3.05) is 0 Å². The van der Waals surface area contributed by atoms with E-state index in [0.29, 0.717) is 11.3 Å². The number of hydrogen-bond acceptors (Lipinski definition) is 3. The summed E-state index contributed by atoms with van der Waals surface area (Å²) >= 11 is 0. The van der Waals surface area contributed by atoms with Crippen LogP contribution in [-0.2, 0) is 0 Å². The normalized spacial score (nSPS) is 12.0. The first-order chi connectivity index (χ1) is 12.8. The van der Waals surface area contributed by atoms with Gasteiger partial charge in [0.1, 0.15) is 6.04 Å². The lowest BCUT2D eigenvalue weighted by Gasteiger charge is -2.15. The molecule has 1 heterocycles. The van der Waals surface area contributed by atoms with Gasteiger partial charge in [0.15, 0.2) is 5.78 Å². The number of carbonyl (C=O) groups excluding carboxylic acids is 1. The second-order valence-corrected chi connectivity index (χ2v) is 7.16. The summed E-state index contributed by atoms with van der Waals surface area (Å²) in [5, 5.41) is 4.51. The Bertz CT molecular complexity index is 1080. The molecule has 4 nitrogen and oxygen atoms in total. The van der Waals surface area contributed by atoms with Gasteiger partial charge in [0.2, 0.25) is 0 Å². The largest absolute Gasteiger partial charge is 0.292 e. The quantitative estimate of drug-likeness (QED) is 0.640. The van der Waals surface area contributed by atoms with Crippen LogP contribution >= 0.6 is 0 Å². The maximum Gasteiger partial charge on any atom is 0.267 e. The molecule has 0 saturated heterocycles. The molecule has 0 aliphatic rings. The van der Waals surface area contributed by atoms with Gasteiger partial charge in [0.05, 0.1) is 5.69 Å². The van der Waals surface area contributed by atoms with Crippen molar-refractivity contribution < 1.29 is 4.79 Å². The zero-order chi connectivity index (χ0) is 19.7. The van der Waals surface area contributed by atoms with E-state index in [1.165, 1.54) is 10.7 Å². The molecule has 0 saturated carbocycles. The van der Waals surface area contributed by atoms with Crippen molar-refractivity contribution in [3.63, 3.8) is 0 Å². The van der Waals surface area contributed by atoms with Crippen molar-refractivity contribution in [3.8, 4) is 11.3 Å². The fourth-order valence-electron chi connectivity index (χ4n) is 3.11. The Balaban J connectivity index is 2.03. The topological polar surface area (TPSA) is 52.0 Å². The van der Waals surface area contributed by atoms with Gasteiger partial charge in [-0.3, -0.25) is 9.59 Å². The van der Waals surface area contributed by atoms with E-state index in [-0.39, 0.29) is 11.3 Å². The Morgan fingerprint density at radius 3 is 2.30 bits per heavy atom. The van der Waals surface area contributed by atoms with Gasteiger partial charge in [-0.05, 0) is 69.5 Å². The van der Waals surface area contributed by atoms with E-state index in [0.717, 1.165) is 27.8 Å². The predicted molar refractivity (Wildman–Crippen MR) is 108 cm³/mol. The zero-order valence-corrected chi connectivity index (χ0v) is 16.4. The van der Waals surface area contributed by atoms with Gasteiger partial charge >= 0.3 is 0 Å². The third kappa shape index (κ3) is 3.75. The minimum Gasteiger partial charge on any atom is -0.292 e. The number of aromatic nitrogens is 2. The summed E-state index contributed by atoms with van der Waals surface area (Å²) in [6.45, 7) is 9.73. The Kier molecular flexibility index (Phi) is 5.08. The molecule has 2 aromatic carbocycles. The van der Waals surface area contributed by atoms with Gasteiger partial charge in [-0.2, -0.15) is 5.10 Å². The van der Waals surface area contributed by atoms with Crippen molar-refractivity contribution in [2.45, 2.75) is 40.7 Å². The number of ketones is 1. The molecule has 3 rings (SSSR count). The minimum absolute atomic E-state index is 0.120. The number of carbonyl (C=O) groups is 1. The summed E-state index contributed by atoms with van der Waals surface area (Å²) in [5.41, 5.74) is 6.35. The highest BCUT2D eigenvalue weighted by Gasteiger charge is 2.20. The Hall–Kier alpha value is -3.01. The maximum atomic E-state index is 12.9. The third-order valence-corrected chi connectivity index (χ3v) is 5.03. The molecule has 0 fully saturated rings. The number of benzene rings is 2. The van der Waals surface area contributed by atoms with Gasteiger partial charge in [-0.1, -0.05) is 29.8 Å². The first-order valence-corrected chi connectivity index (χ1v) is 9.07. The third-order valence-electron chi connectivity index (χ3n) is 5.03. The lowest BCUT2D eigenvalue weighted by molar-refractivity contribution is 0.0925. The van der Waals surface area contributed by atoms with Gasteiger partial charge in [-0.25, -0.2) is 4.68 Å². The monoisotopic (exact) mass is 360 g/mol. The summed E-state index contributed by atoms with van der Waals surface area (Å²) < 4.78 is 1.29. The predicted octanol–water partition coefficient (Wildman–Crippen LogP) is 4.59. The molecule has 0 aliphatic heterocycles. The van der Waals surface area contributed by atoms with Crippen LogP contribution in [0.15, 0.2) is 53.3 Å². The zero-order valence-electron chi connectivity index (χ0n) is 16.4. The van der Waals surface area contributed by atoms with Crippen LogP contribution in [-0.4, -0.2) is 15.6 Å². The Labute approximate surface area is 159 Å². The number of rotatable bonds is 4. The summed E-state index contributed by atoms with van der Waals surface area (Å²) in [5.74, 6) is -0.120. The molecular formula is C23H24N2O2. The molecule has 0 amide bonds. The molecule has 3 aromatic rings. The molecule has 0 N–H and O–H groups in total. The fourth-order valence-corrected chi connectivity index (χ4v) is 3.11. The van der Waals surface area contributed by atoms with Gasteiger partial charge in [0.25, 0.3) is 5.56 Å². The van der Waals surface area contributed by atoms with E-state index in [1.54, 1.807) is 19.1 Å². The molecule has 0 radical (unpaired) electrons. The summed E-state index contributed by atoms with van der Waals surface area (Å²) in [4.78, 5) is 25.3. The minimum atomic E-state index is -0.676. The Morgan fingerprint density at radius 1 is 0.889 bits per heavy atom. The van der Waals surface area contributed by atoms with Crippen LogP contribution in [0, 0.1) is 27.7 Å². The first-order valence-electron chi connectivity index (χ1n) is 9.07. The highest BCUT2D eigenvalue weighted by molar-refractivity contribution is 5.99. The number of aryl methyl sites for hydroxylation is 4. The summed E-state index contributed by atoms with van der Waals surface area (Å²) in [7, 11) is 0. The number of nitrogens with zero attached hydrogens (tertiary/aromatic N) is 2. The van der Waals surface area contributed by atoms with E-state index in [4.69, 9.17) is 0 Å². The van der Waals surface area contributed by atoms with Crippen LogP contribution in [0.25, 0.3) is 11.3 Å². The van der Waals surface area contributed by atoms with Crippen molar-refractivity contribution in [1.82, 2.24) is 9.78 Å². The molecule has 0 bridgehead atoms. The van der Waals surface area contributed by atoms with E-state index < -0.39 is 6.04 Å². The standard InChI is InChI=1S/C23H24N2O2/c1-14-6-7-16(3)20(12-14)21-10-11-22(26)25(24-21)18(5)23(27)19-9-8-15(2)17(4)13-19/h6-13,18H,1-5H3/t18-/m1/s1. The maximum absolute atomic E-state index is 12.9. The van der Waals surface area contributed by atoms with Crippen molar-refractivity contribution in [2.24, 2.45) is 0 Å². The summed E-state index contributed by atoms with van der Waals surface area (Å²) in [6.07, 6.45) is 0. The van der Waals surface area contributed by atoms with Crippen LogP contribution in [0.3, 0.4) is 0 Å². The van der Waals surface area contributed by atoms with Crippen molar-refractivity contribution >= 4 is 5.78 Å². The molecule has 0 aliphatic carbocycles. The molecule has 4 heteroatoms. The average molecular weight is 360 g/mol. The molecule has 1 aromatic heterocycles. The van der Waals surface area contributed by atoms with Crippen LogP contribution < -0.4 is 5.56 Å². The Morgan fingerprint density at radius 2 is 1.59 bits per heavy atom. The van der Waals surface area contributed by atoms with Crippen LogP contribution in [0.5, 0.6) is 0 Å². The first kappa shape index (κ1) is 18.8. The van der Waals surface area contributed by atoms with E-state index in [1.807, 2.05) is 58.0 Å². The molecule has 27 heavy (non-hydrogen) atoms. The van der Waals surface area contributed by atoms with E-state index in [2.05, 4.69) is 5.10 Å². The van der Waals surface area contributed by atoms with Crippen molar-refractivity contribution in [3.05, 3.63) is 86.7 Å². The molecule has 1 atom stereocenters. The molecular weight excluding hydrogens is 336 g/mol. The molecule has 138 valence electrons. The molecule has 0 unspecified atom stereocenters. The van der Waals surface area contributed by atoms with E-state index >= 15 is 0 Å². The second-order valence-electron chi connectivity index (χ2n) is 7.16. The number of Topliss-reactive ketones (excluding diaryl/α,β-unsaturated/α-hetero) is 1. The highest BCUT2D eigenvalue weighted by atomic mass is 16.1. The molecule has 0 spiro atoms. The summed E-state index contributed by atoms with van der Waals surface area (Å²) in [6, 6.07) is 14.2. The average Bonchev–Trinajstić information content (AvgIpc) is 2.65. The van der Waals surface area contributed by atoms with Crippen LogP contribution in [0.2, 0.25) is 0 Å². The fraction of sp³-hybridized carbons (Fsp3) is 0.261. The van der Waals surface area contributed by atoms with Crippen LogP contribution in [0.1, 0.15) is 45.6 Å². The SMILES string of the molecule is Cc1ccc(C)c(-c2ccc(=O)n([C@H](C)C(=O)c3ccc(C)c(C)c3)n2)c1. The van der Waals surface area contributed by atoms with Gasteiger partial charge in [0, 0.05) is 17.2 Å². The van der Waals surface area contributed by atoms with Gasteiger partial charge in [-0.15, -0.1) is 0 Å². The number of hydrogen-bond donors (Lipinski definition) is 0. The lowest BCUT2D eigenvalue weighted by Crippen LogP contribution is -2.30. The smallest absolute Gasteiger partial charge is 0.267 e. The highest BCUT2D eigenvalue weighted by Crippen LogP contribution is 2.23. The lowest BCUT2D eigenvalue weighted by atomic mass is 10.0. The van der Waals surface area contributed by atoms with E-state index in [9.17, 15) is 9.59 Å². The second kappa shape index (κ2) is 7.31. The van der Waals surface area contributed by atoms with Crippen LogP contribution in [0.4, 0.5) is 0 Å². The van der Waals surface area contributed by atoms with Crippen molar-refractivity contribution in [1.29, 1.82) is 0 Å².